The lowest BCUT2D eigenvalue weighted by Gasteiger charge is -2.25. The third-order valence-electron chi connectivity index (χ3n) is 5.25. The molecule has 4 aromatic rings. The molecule has 3 aromatic carbocycles. The molecule has 0 spiro atoms. The molecule has 0 aliphatic rings. The molecule has 146 valence electrons. The Bertz CT molecular complexity index is 1120. The highest BCUT2D eigenvalue weighted by molar-refractivity contribution is 8.32. The van der Waals surface area contributed by atoms with E-state index in [-0.39, 0.29) is 0 Å². The molecule has 1 nitrogen and oxygen atoms in total. The van der Waals surface area contributed by atoms with Gasteiger partial charge in [0.15, 0.2) is 0 Å². The van der Waals surface area contributed by atoms with Crippen LogP contribution in [0.3, 0.4) is 0 Å². The van der Waals surface area contributed by atoms with Crippen molar-refractivity contribution in [2.75, 3.05) is 18.8 Å². The Kier molecular flexibility index (Phi) is 5.29. The maximum atomic E-state index is 4.80. The molecule has 1 heterocycles. The summed E-state index contributed by atoms with van der Waals surface area (Å²) in [7, 11) is -0.697. The van der Waals surface area contributed by atoms with E-state index in [4.69, 9.17) is 4.98 Å². The monoisotopic (exact) mass is 397 g/mol. The van der Waals surface area contributed by atoms with E-state index >= 15 is 0 Å². The minimum absolute atomic E-state index is 0.697. The maximum absolute atomic E-state index is 4.80. The summed E-state index contributed by atoms with van der Waals surface area (Å²) in [6.07, 6.45) is 8.99. The van der Waals surface area contributed by atoms with Crippen LogP contribution < -0.4 is 0 Å². The van der Waals surface area contributed by atoms with Crippen LogP contribution in [0.1, 0.15) is 5.56 Å². The first-order valence-corrected chi connectivity index (χ1v) is 12.7. The standard InChI is InChI=1S/C27H27NS/c1-20-17-27(24-12-8-11-23(18-24)21-9-6-5-7-10-21)28-19-26(20)22-13-15-25(16-14-22)29(2,3)4/h5-19H,1-4H3. The van der Waals surface area contributed by atoms with Gasteiger partial charge in [-0.15, -0.1) is 0 Å². The van der Waals surface area contributed by atoms with Gasteiger partial charge in [-0.2, -0.15) is 0 Å². The topological polar surface area (TPSA) is 12.9 Å². The van der Waals surface area contributed by atoms with Crippen LogP contribution in [0.2, 0.25) is 0 Å². The van der Waals surface area contributed by atoms with Gasteiger partial charge in [0, 0.05) is 17.3 Å². The molecule has 1 aromatic heterocycles. The first-order valence-electron chi connectivity index (χ1n) is 9.83. The van der Waals surface area contributed by atoms with Crippen molar-refractivity contribution in [2.45, 2.75) is 11.8 Å². The van der Waals surface area contributed by atoms with E-state index in [1.165, 1.54) is 32.7 Å². The lowest BCUT2D eigenvalue weighted by molar-refractivity contribution is 1.28. The minimum Gasteiger partial charge on any atom is -0.256 e. The average molecular weight is 398 g/mol. The Hall–Kier alpha value is -2.84. The third kappa shape index (κ3) is 4.28. The predicted molar refractivity (Wildman–Crippen MR) is 129 cm³/mol. The van der Waals surface area contributed by atoms with Gasteiger partial charge in [0.25, 0.3) is 0 Å². The van der Waals surface area contributed by atoms with Crippen molar-refractivity contribution in [1.82, 2.24) is 4.98 Å². The Labute approximate surface area is 175 Å². The summed E-state index contributed by atoms with van der Waals surface area (Å²) in [6.45, 7) is 2.17. The smallest absolute Gasteiger partial charge is 0.0705 e. The van der Waals surface area contributed by atoms with Gasteiger partial charge in [0.05, 0.1) is 5.69 Å². The van der Waals surface area contributed by atoms with E-state index in [1.807, 2.05) is 12.3 Å². The molecule has 2 heteroatoms. The number of benzene rings is 3. The van der Waals surface area contributed by atoms with Crippen molar-refractivity contribution in [2.24, 2.45) is 0 Å². The van der Waals surface area contributed by atoms with Crippen LogP contribution in [0.25, 0.3) is 33.5 Å². The van der Waals surface area contributed by atoms with Gasteiger partial charge >= 0.3 is 0 Å². The second-order valence-corrected chi connectivity index (χ2v) is 12.3. The van der Waals surface area contributed by atoms with Gasteiger partial charge in [-0.1, -0.05) is 60.7 Å². The molecule has 29 heavy (non-hydrogen) atoms. The molecular formula is C27H27NS. The van der Waals surface area contributed by atoms with Crippen molar-refractivity contribution >= 4 is 10.0 Å². The molecule has 0 bridgehead atoms. The second kappa shape index (κ2) is 7.88. The molecule has 0 radical (unpaired) electrons. The molecule has 0 saturated carbocycles. The highest BCUT2D eigenvalue weighted by atomic mass is 32.3. The van der Waals surface area contributed by atoms with E-state index in [9.17, 15) is 0 Å². The molecular weight excluding hydrogens is 370 g/mol. The average Bonchev–Trinajstić information content (AvgIpc) is 2.74. The summed E-state index contributed by atoms with van der Waals surface area (Å²) in [4.78, 5) is 6.23. The summed E-state index contributed by atoms with van der Waals surface area (Å²) in [6, 6.07) is 30.3. The maximum Gasteiger partial charge on any atom is 0.0705 e. The Balaban J connectivity index is 1.66. The van der Waals surface area contributed by atoms with Crippen molar-refractivity contribution in [3.63, 3.8) is 0 Å². The van der Waals surface area contributed by atoms with Crippen molar-refractivity contribution < 1.29 is 0 Å². The molecule has 0 fully saturated rings. The number of hydrogen-bond donors (Lipinski definition) is 0. The number of aromatic nitrogens is 1. The van der Waals surface area contributed by atoms with Crippen molar-refractivity contribution in [1.29, 1.82) is 0 Å². The van der Waals surface area contributed by atoms with Crippen molar-refractivity contribution in [3.05, 3.63) is 96.7 Å². The number of aryl methyl sites for hydroxylation is 1. The SMILES string of the molecule is Cc1cc(-c2cccc(-c3ccccc3)c2)ncc1-c1ccc(S(C)(C)C)cc1. The number of hydrogen-bond acceptors (Lipinski definition) is 1. The molecule has 0 saturated heterocycles. The fourth-order valence-corrected chi connectivity index (χ4v) is 4.50. The lowest BCUT2D eigenvalue weighted by Crippen LogP contribution is -1.93. The summed E-state index contributed by atoms with van der Waals surface area (Å²) < 4.78 is 0. The van der Waals surface area contributed by atoms with Gasteiger partial charge in [0.2, 0.25) is 0 Å². The summed E-state index contributed by atoms with van der Waals surface area (Å²) >= 11 is 0. The van der Waals surface area contributed by atoms with Gasteiger partial charge in [0.1, 0.15) is 0 Å². The highest BCUT2D eigenvalue weighted by Gasteiger charge is 2.10. The van der Waals surface area contributed by atoms with Crippen LogP contribution in [0.5, 0.6) is 0 Å². The van der Waals surface area contributed by atoms with Crippen LogP contribution in [0, 0.1) is 6.92 Å². The largest absolute Gasteiger partial charge is 0.256 e. The second-order valence-electron chi connectivity index (χ2n) is 8.19. The van der Waals surface area contributed by atoms with Crippen LogP contribution in [0.15, 0.2) is 96.0 Å². The summed E-state index contributed by atoms with van der Waals surface area (Å²) in [5, 5.41) is 0. The highest BCUT2D eigenvalue weighted by Crippen LogP contribution is 2.45. The predicted octanol–water partition coefficient (Wildman–Crippen LogP) is 7.44. The molecule has 0 aliphatic heterocycles. The molecule has 0 aliphatic carbocycles. The van der Waals surface area contributed by atoms with E-state index < -0.39 is 10.0 Å². The molecule has 0 amide bonds. The third-order valence-corrected chi connectivity index (χ3v) is 6.94. The summed E-state index contributed by atoms with van der Waals surface area (Å²) in [5.41, 5.74) is 8.27. The Morgan fingerprint density at radius 1 is 0.621 bits per heavy atom. The quantitative estimate of drug-likeness (QED) is 0.348. The number of rotatable bonds is 4. The Morgan fingerprint density at radius 2 is 1.28 bits per heavy atom. The first-order chi connectivity index (χ1) is 13.9. The normalized spacial score (nSPS) is 12.0. The zero-order valence-corrected chi connectivity index (χ0v) is 18.3. The van der Waals surface area contributed by atoms with Crippen molar-refractivity contribution in [3.8, 4) is 33.5 Å². The summed E-state index contributed by atoms with van der Waals surface area (Å²) in [5.74, 6) is 0. The van der Waals surface area contributed by atoms with Gasteiger partial charge in [-0.3, -0.25) is 4.98 Å². The minimum atomic E-state index is -0.697. The fourth-order valence-electron chi connectivity index (χ4n) is 3.55. The zero-order chi connectivity index (χ0) is 20.4. The van der Waals surface area contributed by atoms with Gasteiger partial charge in [-0.25, -0.2) is 10.0 Å². The molecule has 0 unspecified atom stereocenters. The van der Waals surface area contributed by atoms with Gasteiger partial charge < -0.3 is 0 Å². The lowest BCUT2D eigenvalue weighted by atomic mass is 9.98. The Morgan fingerprint density at radius 3 is 1.93 bits per heavy atom. The zero-order valence-electron chi connectivity index (χ0n) is 17.5. The van der Waals surface area contributed by atoms with Gasteiger partial charge in [-0.05, 0) is 77.1 Å². The molecule has 4 rings (SSSR count). The van der Waals surface area contributed by atoms with E-state index in [1.54, 1.807) is 0 Å². The first kappa shape index (κ1) is 19.5. The van der Waals surface area contributed by atoms with E-state index in [0.717, 1.165) is 11.3 Å². The van der Waals surface area contributed by atoms with Crippen LogP contribution in [-0.2, 0) is 0 Å². The van der Waals surface area contributed by atoms with E-state index in [0.29, 0.717) is 0 Å². The van der Waals surface area contributed by atoms with Crippen LogP contribution in [-0.4, -0.2) is 23.8 Å². The van der Waals surface area contributed by atoms with Crippen LogP contribution in [0.4, 0.5) is 0 Å². The fraction of sp³-hybridized carbons (Fsp3) is 0.148. The number of nitrogens with zero attached hydrogens (tertiary/aromatic N) is 1. The van der Waals surface area contributed by atoms with Crippen LogP contribution >= 0.6 is 10.0 Å². The molecule has 0 atom stereocenters. The molecule has 0 N–H and O–H groups in total. The van der Waals surface area contributed by atoms with E-state index in [2.05, 4.69) is 105 Å². The number of pyridine rings is 1.